The minimum atomic E-state index is 0.137. The summed E-state index contributed by atoms with van der Waals surface area (Å²) < 4.78 is 2.01. The fourth-order valence-corrected chi connectivity index (χ4v) is 4.98. The molecule has 0 spiro atoms. The van der Waals surface area contributed by atoms with Gasteiger partial charge in [-0.2, -0.15) is 9.97 Å². The number of hydrogen-bond donors (Lipinski definition) is 3. The molecule has 0 amide bonds. The van der Waals surface area contributed by atoms with Gasteiger partial charge >= 0.3 is 0 Å². The van der Waals surface area contributed by atoms with Crippen LogP contribution in [0.1, 0.15) is 12.5 Å². The van der Waals surface area contributed by atoms with Crippen molar-refractivity contribution in [2.45, 2.75) is 12.5 Å². The van der Waals surface area contributed by atoms with Gasteiger partial charge in [-0.1, -0.05) is 33.7 Å². The van der Waals surface area contributed by atoms with Gasteiger partial charge in [-0.15, -0.1) is 0 Å². The first kappa shape index (κ1) is 20.2. The van der Waals surface area contributed by atoms with Crippen molar-refractivity contribution in [2.24, 2.45) is 5.92 Å². The standard InChI is InChI=1S/C17H27N7OS2/c1-23(2)6-8-27-26-7-5-19-15-14-16(22-17(18)21-15)24(11-20-14)13-4-3-12(9-13)10-25/h3-4,11-13,25H,5-10H2,1-2H3,(H3,18,19,21,22). The second-order valence-corrected chi connectivity index (χ2v) is 9.46. The third kappa shape index (κ3) is 5.28. The fourth-order valence-electron chi connectivity index (χ4n) is 2.94. The van der Waals surface area contributed by atoms with Crippen LogP contribution in [0.15, 0.2) is 18.5 Å². The van der Waals surface area contributed by atoms with Crippen LogP contribution in [-0.2, 0) is 0 Å². The van der Waals surface area contributed by atoms with Crippen LogP contribution >= 0.6 is 21.6 Å². The monoisotopic (exact) mass is 409 g/mol. The van der Waals surface area contributed by atoms with Crippen molar-refractivity contribution >= 4 is 44.5 Å². The van der Waals surface area contributed by atoms with E-state index in [1.54, 1.807) is 6.33 Å². The maximum atomic E-state index is 9.35. The van der Waals surface area contributed by atoms with E-state index in [0.717, 1.165) is 42.2 Å². The highest BCUT2D eigenvalue weighted by molar-refractivity contribution is 8.76. The zero-order valence-electron chi connectivity index (χ0n) is 15.7. The Kier molecular flexibility index (Phi) is 7.22. The van der Waals surface area contributed by atoms with Gasteiger partial charge in [0.1, 0.15) is 0 Å². The minimum absolute atomic E-state index is 0.137. The molecule has 2 atom stereocenters. The highest BCUT2D eigenvalue weighted by atomic mass is 33.1. The van der Waals surface area contributed by atoms with Gasteiger partial charge in [-0.05, 0) is 20.5 Å². The molecule has 0 radical (unpaired) electrons. The van der Waals surface area contributed by atoms with E-state index in [4.69, 9.17) is 5.73 Å². The Hall–Kier alpha value is -1.49. The van der Waals surface area contributed by atoms with E-state index in [-0.39, 0.29) is 24.5 Å². The maximum absolute atomic E-state index is 9.35. The van der Waals surface area contributed by atoms with Crippen molar-refractivity contribution < 1.29 is 5.11 Å². The lowest BCUT2D eigenvalue weighted by Crippen LogP contribution is -2.14. The number of aliphatic hydroxyl groups is 1. The summed E-state index contributed by atoms with van der Waals surface area (Å²) in [4.78, 5) is 15.4. The highest BCUT2D eigenvalue weighted by Gasteiger charge is 2.23. The number of nitrogens with two attached hydrogens (primary N) is 1. The lowest BCUT2D eigenvalue weighted by atomic mass is 10.1. The van der Waals surface area contributed by atoms with E-state index in [1.165, 1.54) is 0 Å². The molecule has 8 nitrogen and oxygen atoms in total. The summed E-state index contributed by atoms with van der Waals surface area (Å²) in [6, 6.07) is 0.137. The normalized spacial score (nSPS) is 19.4. The van der Waals surface area contributed by atoms with Crippen LogP contribution in [0.5, 0.6) is 0 Å². The van der Waals surface area contributed by atoms with E-state index in [9.17, 15) is 5.11 Å². The molecule has 148 valence electrons. The summed E-state index contributed by atoms with van der Waals surface area (Å²) >= 11 is 0. The topological polar surface area (TPSA) is 105 Å². The van der Waals surface area contributed by atoms with Crippen molar-refractivity contribution in [3.63, 3.8) is 0 Å². The molecule has 2 unspecified atom stereocenters. The lowest BCUT2D eigenvalue weighted by Gasteiger charge is -2.13. The Morgan fingerprint density at radius 3 is 2.85 bits per heavy atom. The predicted molar refractivity (Wildman–Crippen MR) is 115 cm³/mol. The van der Waals surface area contributed by atoms with Crippen molar-refractivity contribution in [3.05, 3.63) is 18.5 Å². The number of rotatable bonds is 10. The molecule has 0 aromatic carbocycles. The number of allylic oxidation sites excluding steroid dienone is 1. The number of imidazole rings is 1. The second kappa shape index (κ2) is 9.63. The van der Waals surface area contributed by atoms with Gasteiger partial charge in [-0.3, -0.25) is 0 Å². The van der Waals surface area contributed by atoms with Gasteiger partial charge in [0, 0.05) is 37.1 Å². The minimum Gasteiger partial charge on any atom is -0.396 e. The van der Waals surface area contributed by atoms with Crippen LogP contribution in [0.4, 0.5) is 11.8 Å². The third-order valence-electron chi connectivity index (χ3n) is 4.36. The van der Waals surface area contributed by atoms with E-state index in [2.05, 4.69) is 45.3 Å². The first-order valence-electron chi connectivity index (χ1n) is 9.00. The summed E-state index contributed by atoms with van der Waals surface area (Å²) in [5, 5.41) is 12.7. The molecule has 0 fully saturated rings. The van der Waals surface area contributed by atoms with Crippen molar-refractivity contribution in [3.8, 4) is 0 Å². The molecule has 2 aromatic rings. The third-order valence-corrected chi connectivity index (χ3v) is 6.75. The van der Waals surface area contributed by atoms with Crippen molar-refractivity contribution in [2.75, 3.05) is 56.3 Å². The van der Waals surface area contributed by atoms with Gasteiger partial charge < -0.3 is 25.6 Å². The quantitative estimate of drug-likeness (QED) is 0.308. The van der Waals surface area contributed by atoms with Gasteiger partial charge in [0.15, 0.2) is 17.0 Å². The average molecular weight is 410 g/mol. The average Bonchev–Trinajstić information content (AvgIpc) is 3.26. The molecule has 3 rings (SSSR count). The number of hydrogen-bond acceptors (Lipinski definition) is 9. The summed E-state index contributed by atoms with van der Waals surface area (Å²) in [6.07, 6.45) is 6.76. The molecule has 0 aliphatic heterocycles. The SMILES string of the molecule is CN(C)CCSSCCNc1nc(N)nc2c1ncn2C1C=CC(CO)C1. The van der Waals surface area contributed by atoms with Crippen LogP contribution in [0, 0.1) is 5.92 Å². The molecule has 10 heteroatoms. The van der Waals surface area contributed by atoms with Crippen molar-refractivity contribution in [1.82, 2.24) is 24.4 Å². The zero-order chi connectivity index (χ0) is 19.2. The van der Waals surface area contributed by atoms with E-state index in [0.29, 0.717) is 5.82 Å². The number of anilines is 2. The summed E-state index contributed by atoms with van der Waals surface area (Å²) in [5.74, 6) is 3.17. The molecule has 2 aromatic heterocycles. The Bertz CT molecular complexity index is 780. The predicted octanol–water partition coefficient (Wildman–Crippen LogP) is 1.87. The molecule has 0 saturated heterocycles. The van der Waals surface area contributed by atoms with E-state index < -0.39 is 0 Å². The number of aromatic nitrogens is 4. The maximum Gasteiger partial charge on any atom is 0.224 e. The summed E-state index contributed by atoms with van der Waals surface area (Å²) in [5.41, 5.74) is 7.39. The number of aliphatic hydroxyl groups excluding tert-OH is 1. The molecule has 4 N–H and O–H groups in total. The molecular formula is C17H27N7OS2. The first-order valence-corrected chi connectivity index (χ1v) is 11.5. The highest BCUT2D eigenvalue weighted by Crippen LogP contribution is 2.31. The lowest BCUT2D eigenvalue weighted by molar-refractivity contribution is 0.244. The summed E-state index contributed by atoms with van der Waals surface area (Å²) in [7, 11) is 7.89. The van der Waals surface area contributed by atoms with Crippen LogP contribution in [0.3, 0.4) is 0 Å². The Morgan fingerprint density at radius 1 is 1.30 bits per heavy atom. The first-order chi connectivity index (χ1) is 13.1. The molecule has 0 saturated carbocycles. The molecule has 27 heavy (non-hydrogen) atoms. The van der Waals surface area contributed by atoms with Gasteiger partial charge in [-0.25, -0.2) is 4.98 Å². The number of nitrogen functional groups attached to an aromatic ring is 1. The molecule has 2 heterocycles. The number of nitrogens with one attached hydrogen (secondary N) is 1. The van der Waals surface area contributed by atoms with Crippen LogP contribution < -0.4 is 11.1 Å². The Morgan fingerprint density at radius 2 is 2.11 bits per heavy atom. The van der Waals surface area contributed by atoms with Gasteiger partial charge in [0.25, 0.3) is 0 Å². The van der Waals surface area contributed by atoms with E-state index in [1.807, 2.05) is 32.2 Å². The zero-order valence-corrected chi connectivity index (χ0v) is 17.3. The fraction of sp³-hybridized carbons (Fsp3) is 0.588. The van der Waals surface area contributed by atoms with Gasteiger partial charge in [0.2, 0.25) is 5.95 Å². The second-order valence-electron chi connectivity index (χ2n) is 6.76. The van der Waals surface area contributed by atoms with Crippen LogP contribution in [-0.4, -0.2) is 74.8 Å². The summed E-state index contributed by atoms with van der Waals surface area (Å²) in [6.45, 7) is 2.03. The molecule has 0 bridgehead atoms. The smallest absolute Gasteiger partial charge is 0.224 e. The largest absolute Gasteiger partial charge is 0.396 e. The molecule has 1 aliphatic carbocycles. The van der Waals surface area contributed by atoms with Gasteiger partial charge in [0.05, 0.1) is 12.4 Å². The number of fused-ring (bicyclic) bond motifs is 1. The Balaban J connectivity index is 1.61. The molecule has 1 aliphatic rings. The van der Waals surface area contributed by atoms with Crippen molar-refractivity contribution in [1.29, 1.82) is 0 Å². The van der Waals surface area contributed by atoms with Crippen LogP contribution in [0.2, 0.25) is 0 Å². The van der Waals surface area contributed by atoms with E-state index >= 15 is 0 Å². The molecular weight excluding hydrogens is 382 g/mol. The Labute approximate surface area is 167 Å². The van der Waals surface area contributed by atoms with Crippen LogP contribution in [0.25, 0.3) is 11.2 Å². The number of nitrogens with zero attached hydrogens (tertiary/aromatic N) is 5.